The Morgan fingerprint density at radius 1 is 0.333 bits per heavy atom. The lowest BCUT2D eigenvalue weighted by atomic mass is 9.96. The highest BCUT2D eigenvalue weighted by molar-refractivity contribution is 6.06. The molecule has 0 aliphatic carbocycles. The van der Waals surface area contributed by atoms with Crippen LogP contribution in [0.3, 0.4) is 0 Å². The van der Waals surface area contributed by atoms with E-state index < -0.39 is 0 Å². The van der Waals surface area contributed by atoms with Crippen molar-refractivity contribution in [2.24, 2.45) is 0 Å². The summed E-state index contributed by atoms with van der Waals surface area (Å²) >= 11 is 0. The zero-order chi connectivity index (χ0) is 31.9. The van der Waals surface area contributed by atoms with Gasteiger partial charge in [-0.25, -0.2) is 0 Å². The van der Waals surface area contributed by atoms with E-state index >= 15 is 0 Å². The van der Waals surface area contributed by atoms with Gasteiger partial charge in [0, 0.05) is 33.8 Å². The standard InChI is InChI=1S/C46H31NO/c1-2-12-32(13-3-1)33-24-26-35(27-25-33)41-19-6-8-22-44(41)47(38-28-29-43-42-20-7-9-23-45(42)48-46(43)31-38)37-17-10-16-36(30-37)40-21-11-15-34-14-4-5-18-39(34)40/h1-31H. The lowest BCUT2D eigenvalue weighted by molar-refractivity contribution is 0.669. The summed E-state index contributed by atoms with van der Waals surface area (Å²) in [7, 11) is 0. The minimum absolute atomic E-state index is 0.869. The average molecular weight is 614 g/mol. The van der Waals surface area contributed by atoms with Crippen molar-refractivity contribution >= 4 is 49.8 Å². The van der Waals surface area contributed by atoms with E-state index in [0.29, 0.717) is 0 Å². The summed E-state index contributed by atoms with van der Waals surface area (Å²) in [4.78, 5) is 2.36. The molecule has 1 aromatic heterocycles. The van der Waals surface area contributed by atoms with Crippen LogP contribution in [0, 0.1) is 0 Å². The lowest BCUT2D eigenvalue weighted by Gasteiger charge is -2.28. The summed E-state index contributed by atoms with van der Waals surface area (Å²) in [5.41, 5.74) is 12.1. The van der Waals surface area contributed by atoms with Crippen LogP contribution in [0.1, 0.15) is 0 Å². The van der Waals surface area contributed by atoms with Gasteiger partial charge >= 0.3 is 0 Å². The number of para-hydroxylation sites is 2. The molecule has 9 aromatic rings. The molecule has 48 heavy (non-hydrogen) atoms. The second-order valence-electron chi connectivity index (χ2n) is 12.2. The first kappa shape index (κ1) is 27.9. The number of anilines is 3. The van der Waals surface area contributed by atoms with E-state index in [4.69, 9.17) is 4.42 Å². The van der Waals surface area contributed by atoms with E-state index in [1.54, 1.807) is 0 Å². The smallest absolute Gasteiger partial charge is 0.137 e. The van der Waals surface area contributed by atoms with E-state index in [0.717, 1.165) is 50.1 Å². The molecule has 0 aliphatic heterocycles. The second kappa shape index (κ2) is 11.8. The van der Waals surface area contributed by atoms with Crippen LogP contribution in [0.5, 0.6) is 0 Å². The third kappa shape index (κ3) is 4.92. The van der Waals surface area contributed by atoms with E-state index in [2.05, 4.69) is 181 Å². The SMILES string of the molecule is c1ccc(-c2ccc(-c3ccccc3N(c3cccc(-c4cccc5ccccc45)c3)c3ccc4c(c3)oc3ccccc34)cc2)cc1. The Hall–Kier alpha value is -6.38. The predicted octanol–water partition coefficient (Wildman–Crippen LogP) is 13.2. The number of furan rings is 1. The van der Waals surface area contributed by atoms with Crippen molar-refractivity contribution in [2.45, 2.75) is 0 Å². The Labute approximate surface area is 279 Å². The molecule has 0 radical (unpaired) electrons. The van der Waals surface area contributed by atoms with Crippen LogP contribution >= 0.6 is 0 Å². The van der Waals surface area contributed by atoms with Gasteiger partial charge < -0.3 is 9.32 Å². The number of hydrogen-bond acceptors (Lipinski definition) is 2. The molecule has 0 bridgehead atoms. The highest BCUT2D eigenvalue weighted by Gasteiger charge is 2.20. The van der Waals surface area contributed by atoms with E-state index in [-0.39, 0.29) is 0 Å². The summed E-state index contributed by atoms with van der Waals surface area (Å²) in [5.74, 6) is 0. The Balaban J connectivity index is 1.23. The van der Waals surface area contributed by atoms with Crippen LogP contribution in [0.4, 0.5) is 17.1 Å². The molecule has 0 saturated heterocycles. The maximum Gasteiger partial charge on any atom is 0.137 e. The van der Waals surface area contributed by atoms with Gasteiger partial charge in [0.2, 0.25) is 0 Å². The van der Waals surface area contributed by atoms with Crippen molar-refractivity contribution < 1.29 is 4.42 Å². The predicted molar refractivity (Wildman–Crippen MR) is 202 cm³/mol. The fraction of sp³-hybridized carbons (Fsp3) is 0. The van der Waals surface area contributed by atoms with Crippen molar-refractivity contribution in [3.63, 3.8) is 0 Å². The normalized spacial score (nSPS) is 11.3. The molecule has 2 nitrogen and oxygen atoms in total. The summed E-state index contributed by atoms with van der Waals surface area (Å²) < 4.78 is 6.40. The van der Waals surface area contributed by atoms with Crippen molar-refractivity contribution in [3.05, 3.63) is 188 Å². The lowest BCUT2D eigenvalue weighted by Crippen LogP contribution is -2.11. The zero-order valence-corrected chi connectivity index (χ0v) is 26.3. The van der Waals surface area contributed by atoms with Crippen LogP contribution in [-0.4, -0.2) is 0 Å². The highest BCUT2D eigenvalue weighted by Crippen LogP contribution is 2.44. The maximum atomic E-state index is 6.40. The molecular formula is C46H31NO. The summed E-state index contributed by atoms with van der Waals surface area (Å²) in [6.45, 7) is 0. The van der Waals surface area contributed by atoms with Crippen LogP contribution in [-0.2, 0) is 0 Å². The number of hydrogen-bond donors (Lipinski definition) is 0. The molecule has 0 N–H and O–H groups in total. The largest absolute Gasteiger partial charge is 0.456 e. The van der Waals surface area contributed by atoms with Crippen LogP contribution < -0.4 is 4.90 Å². The maximum absolute atomic E-state index is 6.40. The molecule has 1 heterocycles. The van der Waals surface area contributed by atoms with E-state index in [1.165, 1.54) is 33.0 Å². The number of nitrogens with zero attached hydrogens (tertiary/aromatic N) is 1. The Morgan fingerprint density at radius 3 is 1.83 bits per heavy atom. The van der Waals surface area contributed by atoms with Gasteiger partial charge in [-0.15, -0.1) is 0 Å². The van der Waals surface area contributed by atoms with E-state index in [9.17, 15) is 0 Å². The molecule has 0 spiro atoms. The molecular weight excluding hydrogens is 583 g/mol. The van der Waals surface area contributed by atoms with Crippen LogP contribution in [0.25, 0.3) is 66.1 Å². The molecule has 226 valence electrons. The number of rotatable bonds is 6. The minimum Gasteiger partial charge on any atom is -0.456 e. The summed E-state index contributed by atoms with van der Waals surface area (Å²) in [5, 5.41) is 4.72. The molecule has 9 rings (SSSR count). The molecule has 0 amide bonds. The fourth-order valence-electron chi connectivity index (χ4n) is 6.96. The van der Waals surface area contributed by atoms with Crippen LogP contribution in [0.15, 0.2) is 192 Å². The highest BCUT2D eigenvalue weighted by atomic mass is 16.3. The fourth-order valence-corrected chi connectivity index (χ4v) is 6.96. The number of benzene rings is 8. The molecule has 0 atom stereocenters. The van der Waals surface area contributed by atoms with Gasteiger partial charge in [0.15, 0.2) is 0 Å². The third-order valence-electron chi connectivity index (χ3n) is 9.27. The first-order valence-corrected chi connectivity index (χ1v) is 16.3. The summed E-state index contributed by atoms with van der Waals surface area (Å²) in [6.07, 6.45) is 0. The van der Waals surface area contributed by atoms with Gasteiger partial charge in [0.1, 0.15) is 11.2 Å². The monoisotopic (exact) mass is 613 g/mol. The second-order valence-corrected chi connectivity index (χ2v) is 12.2. The van der Waals surface area contributed by atoms with Crippen molar-refractivity contribution in [1.82, 2.24) is 0 Å². The Morgan fingerprint density at radius 2 is 0.938 bits per heavy atom. The first-order valence-electron chi connectivity index (χ1n) is 16.3. The molecule has 0 aliphatic rings. The molecule has 0 unspecified atom stereocenters. The molecule has 2 heteroatoms. The molecule has 8 aromatic carbocycles. The van der Waals surface area contributed by atoms with Gasteiger partial charge in [0.25, 0.3) is 0 Å². The molecule has 0 saturated carbocycles. The van der Waals surface area contributed by atoms with Gasteiger partial charge in [-0.2, -0.15) is 0 Å². The van der Waals surface area contributed by atoms with Gasteiger partial charge in [0.05, 0.1) is 5.69 Å². The Kier molecular flexibility index (Phi) is 6.84. The van der Waals surface area contributed by atoms with Crippen molar-refractivity contribution in [3.8, 4) is 33.4 Å². The van der Waals surface area contributed by atoms with Crippen LogP contribution in [0.2, 0.25) is 0 Å². The van der Waals surface area contributed by atoms with Gasteiger partial charge in [-0.05, 0) is 75.0 Å². The zero-order valence-electron chi connectivity index (χ0n) is 26.3. The number of fused-ring (bicyclic) bond motifs is 4. The average Bonchev–Trinajstić information content (AvgIpc) is 3.53. The third-order valence-corrected chi connectivity index (χ3v) is 9.27. The summed E-state index contributed by atoms with van der Waals surface area (Å²) in [6, 6.07) is 67.0. The Bertz CT molecular complexity index is 2560. The van der Waals surface area contributed by atoms with Gasteiger partial charge in [-0.1, -0.05) is 146 Å². The quantitative estimate of drug-likeness (QED) is 0.185. The minimum atomic E-state index is 0.869. The first-order chi connectivity index (χ1) is 23.8. The van der Waals surface area contributed by atoms with E-state index in [1.807, 2.05) is 12.1 Å². The van der Waals surface area contributed by atoms with Crippen molar-refractivity contribution in [2.75, 3.05) is 4.90 Å². The topological polar surface area (TPSA) is 16.4 Å². The molecule has 0 fully saturated rings. The van der Waals surface area contributed by atoms with Gasteiger partial charge in [-0.3, -0.25) is 0 Å². The van der Waals surface area contributed by atoms with Crippen molar-refractivity contribution in [1.29, 1.82) is 0 Å².